The Labute approximate surface area is 63.5 Å². The van der Waals surface area contributed by atoms with Crippen LogP contribution in [0.25, 0.3) is 0 Å². The molecule has 0 radical (unpaired) electrons. The average molecular weight is 156 g/mol. The molecule has 4 nitrogen and oxygen atoms in total. The van der Waals surface area contributed by atoms with E-state index in [1.807, 2.05) is 0 Å². The maximum Gasteiger partial charge on any atom is 0.347 e. The highest BCUT2D eigenvalue weighted by atomic mass is 16.6. The first-order chi connectivity index (χ1) is 5.16. The Morgan fingerprint density at radius 3 is 2.64 bits per heavy atom. The van der Waals surface area contributed by atoms with Gasteiger partial charge in [0, 0.05) is 0 Å². The zero-order valence-electron chi connectivity index (χ0n) is 6.03. The number of aliphatic hydroxyl groups is 1. The molecule has 0 aliphatic carbocycles. The molecule has 1 N–H and O–H groups in total. The number of carbonyl (C=O) groups is 2. The van der Waals surface area contributed by atoms with Crippen molar-refractivity contribution in [1.82, 2.24) is 0 Å². The van der Waals surface area contributed by atoms with Crippen LogP contribution in [0.3, 0.4) is 0 Å². The molecule has 1 fully saturated rings. The van der Waals surface area contributed by atoms with E-state index in [1.165, 1.54) is 6.08 Å². The highest BCUT2D eigenvalue weighted by Crippen LogP contribution is 2.15. The summed E-state index contributed by atoms with van der Waals surface area (Å²) in [5, 5.41) is 9.00. The van der Waals surface area contributed by atoms with E-state index in [1.54, 1.807) is 6.92 Å². The minimum Gasteiger partial charge on any atom is -0.387 e. The van der Waals surface area contributed by atoms with Crippen molar-refractivity contribution in [2.45, 2.75) is 19.4 Å². The summed E-state index contributed by atoms with van der Waals surface area (Å²) < 4.78 is 4.14. The highest BCUT2D eigenvalue weighted by Gasteiger charge is 2.36. The smallest absolute Gasteiger partial charge is 0.347 e. The maximum atomic E-state index is 10.7. The van der Waals surface area contributed by atoms with Gasteiger partial charge in [0.15, 0.2) is 6.10 Å². The molecule has 0 aromatic rings. The van der Waals surface area contributed by atoms with Gasteiger partial charge in [-0.15, -0.1) is 0 Å². The topological polar surface area (TPSA) is 63.6 Å². The number of esters is 2. The molecule has 60 valence electrons. The number of hydrogen-bond donors (Lipinski definition) is 1. The van der Waals surface area contributed by atoms with Gasteiger partial charge in [-0.1, -0.05) is 13.0 Å². The first kappa shape index (κ1) is 7.94. The fraction of sp³-hybridized carbons (Fsp3) is 0.429. The first-order valence-corrected chi connectivity index (χ1v) is 3.31. The van der Waals surface area contributed by atoms with Crippen LogP contribution < -0.4 is 0 Å². The number of aliphatic hydroxyl groups excluding tert-OH is 1. The third kappa shape index (κ3) is 1.30. The molecule has 0 amide bonds. The summed E-state index contributed by atoms with van der Waals surface area (Å²) in [7, 11) is 0. The largest absolute Gasteiger partial charge is 0.387 e. The summed E-state index contributed by atoms with van der Waals surface area (Å²) in [6.07, 6.45) is 0.703. The lowest BCUT2D eigenvalue weighted by molar-refractivity contribution is -0.154. The summed E-state index contributed by atoms with van der Waals surface area (Å²) in [6.45, 7) is 1.80. The molecule has 1 heterocycles. The zero-order chi connectivity index (χ0) is 8.43. The van der Waals surface area contributed by atoms with E-state index in [0.29, 0.717) is 6.42 Å². The average Bonchev–Trinajstić information content (AvgIpc) is 2.17. The molecular formula is C7H8O4. The number of ether oxygens (including phenoxy) is 1. The van der Waals surface area contributed by atoms with Gasteiger partial charge in [-0.3, -0.25) is 0 Å². The van der Waals surface area contributed by atoms with Crippen LogP contribution in [0.1, 0.15) is 13.3 Å². The molecule has 11 heavy (non-hydrogen) atoms. The van der Waals surface area contributed by atoms with Crippen LogP contribution in [0.4, 0.5) is 0 Å². The van der Waals surface area contributed by atoms with Crippen molar-refractivity contribution in [1.29, 1.82) is 0 Å². The quantitative estimate of drug-likeness (QED) is 0.323. The van der Waals surface area contributed by atoms with E-state index < -0.39 is 18.0 Å². The molecule has 1 unspecified atom stereocenters. The van der Waals surface area contributed by atoms with Crippen LogP contribution >= 0.6 is 0 Å². The van der Waals surface area contributed by atoms with Gasteiger partial charge in [0.25, 0.3) is 0 Å². The number of rotatable bonds is 1. The number of carbonyl (C=O) groups excluding carboxylic acids is 2. The van der Waals surface area contributed by atoms with Gasteiger partial charge in [-0.25, -0.2) is 9.59 Å². The lowest BCUT2D eigenvalue weighted by Crippen LogP contribution is -2.14. The van der Waals surface area contributed by atoms with Gasteiger partial charge >= 0.3 is 11.9 Å². The molecule has 0 saturated carbocycles. The van der Waals surface area contributed by atoms with Gasteiger partial charge in [-0.2, -0.15) is 0 Å². The second kappa shape index (κ2) is 2.84. The Bertz CT molecular complexity index is 229. The van der Waals surface area contributed by atoms with E-state index in [4.69, 9.17) is 5.11 Å². The third-order valence-corrected chi connectivity index (χ3v) is 1.37. The van der Waals surface area contributed by atoms with Gasteiger partial charge in [0.1, 0.15) is 0 Å². The Kier molecular flexibility index (Phi) is 2.05. The predicted molar refractivity (Wildman–Crippen MR) is 35.5 cm³/mol. The lowest BCUT2D eigenvalue weighted by atomic mass is 10.1. The maximum absolute atomic E-state index is 10.7. The normalized spacial score (nSPS) is 27.8. The molecule has 0 aromatic carbocycles. The molecule has 0 spiro atoms. The van der Waals surface area contributed by atoms with Crippen molar-refractivity contribution < 1.29 is 19.4 Å². The highest BCUT2D eigenvalue weighted by molar-refractivity contribution is 6.08. The van der Waals surface area contributed by atoms with Crippen molar-refractivity contribution >= 4 is 11.9 Å². The molecule has 0 aromatic heterocycles. The monoisotopic (exact) mass is 156 g/mol. The number of cyclic esters (lactones) is 2. The van der Waals surface area contributed by atoms with E-state index in [2.05, 4.69) is 4.74 Å². The second-order valence-corrected chi connectivity index (χ2v) is 2.18. The van der Waals surface area contributed by atoms with Crippen molar-refractivity contribution in [3.8, 4) is 0 Å². The minimum atomic E-state index is -1.37. The van der Waals surface area contributed by atoms with Crippen molar-refractivity contribution in [3.05, 3.63) is 11.6 Å². The summed E-state index contributed by atoms with van der Waals surface area (Å²) >= 11 is 0. The SMILES string of the molecule is CCC=C1C(=O)OC(=O)C1O. The van der Waals surface area contributed by atoms with E-state index in [9.17, 15) is 9.59 Å². The molecule has 0 bridgehead atoms. The minimum absolute atomic E-state index is 0.0532. The van der Waals surface area contributed by atoms with Crippen molar-refractivity contribution in [3.63, 3.8) is 0 Å². The zero-order valence-corrected chi connectivity index (χ0v) is 6.03. The summed E-state index contributed by atoms with van der Waals surface area (Å²) in [4.78, 5) is 21.2. The molecule has 1 rings (SSSR count). The number of hydrogen-bond acceptors (Lipinski definition) is 4. The molecule has 1 aliphatic heterocycles. The van der Waals surface area contributed by atoms with Crippen LogP contribution in [-0.4, -0.2) is 23.1 Å². The third-order valence-electron chi connectivity index (χ3n) is 1.37. The van der Waals surface area contributed by atoms with Crippen molar-refractivity contribution in [2.75, 3.05) is 0 Å². The molecule has 1 atom stereocenters. The number of allylic oxidation sites excluding steroid dienone is 1. The van der Waals surface area contributed by atoms with Crippen LogP contribution in [-0.2, 0) is 14.3 Å². The van der Waals surface area contributed by atoms with Crippen LogP contribution in [0.5, 0.6) is 0 Å². The molecule has 4 heteroatoms. The first-order valence-electron chi connectivity index (χ1n) is 3.31. The Balaban J connectivity index is 2.88. The van der Waals surface area contributed by atoms with Crippen LogP contribution in [0.15, 0.2) is 11.6 Å². The Morgan fingerprint density at radius 2 is 2.27 bits per heavy atom. The van der Waals surface area contributed by atoms with Crippen LogP contribution in [0, 0.1) is 0 Å². The summed E-state index contributed by atoms with van der Waals surface area (Å²) in [5.74, 6) is -1.61. The summed E-state index contributed by atoms with van der Waals surface area (Å²) in [5.41, 5.74) is 0.0532. The second-order valence-electron chi connectivity index (χ2n) is 2.18. The van der Waals surface area contributed by atoms with E-state index >= 15 is 0 Å². The van der Waals surface area contributed by atoms with Crippen molar-refractivity contribution in [2.24, 2.45) is 0 Å². The summed E-state index contributed by atoms with van der Waals surface area (Å²) in [6, 6.07) is 0. The Morgan fingerprint density at radius 1 is 1.64 bits per heavy atom. The lowest BCUT2D eigenvalue weighted by Gasteiger charge is -1.93. The fourth-order valence-corrected chi connectivity index (χ4v) is 0.860. The fourth-order valence-electron chi connectivity index (χ4n) is 0.860. The van der Waals surface area contributed by atoms with Gasteiger partial charge < -0.3 is 9.84 Å². The van der Waals surface area contributed by atoms with Gasteiger partial charge in [0.2, 0.25) is 0 Å². The van der Waals surface area contributed by atoms with Crippen LogP contribution in [0.2, 0.25) is 0 Å². The van der Waals surface area contributed by atoms with E-state index in [-0.39, 0.29) is 5.57 Å². The Hall–Kier alpha value is -1.16. The standard InChI is InChI=1S/C7H8O4/c1-2-3-4-5(8)7(10)11-6(4)9/h3,5,8H,2H2,1H3. The van der Waals surface area contributed by atoms with Gasteiger partial charge in [-0.05, 0) is 6.42 Å². The predicted octanol–water partition coefficient (Wildman–Crippen LogP) is -0.233. The molecule has 1 saturated heterocycles. The van der Waals surface area contributed by atoms with E-state index in [0.717, 1.165) is 0 Å². The van der Waals surface area contributed by atoms with Gasteiger partial charge in [0.05, 0.1) is 5.57 Å². The molecular weight excluding hydrogens is 148 g/mol. The molecule has 1 aliphatic rings.